The predicted molar refractivity (Wildman–Crippen MR) is 107 cm³/mol. The first-order valence-electron chi connectivity index (χ1n) is 10.7. The fourth-order valence-corrected chi connectivity index (χ4v) is 4.25. The minimum absolute atomic E-state index is 0.0280. The van der Waals surface area contributed by atoms with Crippen LogP contribution in [0.25, 0.3) is 0 Å². The Labute approximate surface area is 166 Å². The largest absolute Gasteiger partial charge is 0.352 e. The molecule has 1 aromatic heterocycles. The van der Waals surface area contributed by atoms with Crippen LogP contribution in [-0.2, 0) is 4.79 Å². The van der Waals surface area contributed by atoms with E-state index >= 15 is 0 Å². The van der Waals surface area contributed by atoms with E-state index in [-0.39, 0.29) is 24.0 Å². The summed E-state index contributed by atoms with van der Waals surface area (Å²) in [4.78, 5) is 33.5. The van der Waals surface area contributed by atoms with Gasteiger partial charge < -0.3 is 15.5 Å². The summed E-state index contributed by atoms with van der Waals surface area (Å²) < 4.78 is 0. The van der Waals surface area contributed by atoms with E-state index in [4.69, 9.17) is 0 Å². The molecule has 1 atom stereocenters. The average Bonchev–Trinajstić information content (AvgIpc) is 3.54. The van der Waals surface area contributed by atoms with Crippen molar-refractivity contribution in [2.24, 2.45) is 0 Å². The molecule has 1 aliphatic carbocycles. The molecule has 1 aromatic rings. The number of carbonyl (C=O) groups is 2. The molecule has 3 aliphatic rings. The van der Waals surface area contributed by atoms with E-state index in [1.165, 1.54) is 0 Å². The molecule has 1 saturated carbocycles. The van der Waals surface area contributed by atoms with Crippen LogP contribution in [0.3, 0.4) is 0 Å². The van der Waals surface area contributed by atoms with Crippen LogP contribution in [0.1, 0.15) is 56.7 Å². The lowest BCUT2D eigenvalue weighted by Gasteiger charge is -2.38. The summed E-state index contributed by atoms with van der Waals surface area (Å²) >= 11 is 0. The van der Waals surface area contributed by atoms with E-state index in [9.17, 15) is 9.59 Å². The van der Waals surface area contributed by atoms with Crippen LogP contribution < -0.4 is 10.6 Å². The van der Waals surface area contributed by atoms with Gasteiger partial charge in [-0.1, -0.05) is 6.07 Å². The molecule has 152 valence electrons. The maximum absolute atomic E-state index is 12.9. The molecule has 2 saturated heterocycles. The van der Waals surface area contributed by atoms with Crippen LogP contribution in [0.4, 0.5) is 4.79 Å². The van der Waals surface area contributed by atoms with Gasteiger partial charge in [0.1, 0.15) is 0 Å². The van der Waals surface area contributed by atoms with Crippen LogP contribution in [0.2, 0.25) is 0 Å². The Balaban J connectivity index is 1.25. The molecule has 3 amide bonds. The van der Waals surface area contributed by atoms with Gasteiger partial charge in [-0.15, -0.1) is 0 Å². The minimum Gasteiger partial charge on any atom is -0.352 e. The first-order chi connectivity index (χ1) is 13.7. The highest BCUT2D eigenvalue weighted by molar-refractivity contribution is 5.78. The lowest BCUT2D eigenvalue weighted by molar-refractivity contribution is -0.122. The Bertz CT molecular complexity index is 671. The normalized spacial score (nSPS) is 24.0. The van der Waals surface area contributed by atoms with Crippen molar-refractivity contribution in [2.45, 2.75) is 63.1 Å². The van der Waals surface area contributed by atoms with E-state index in [1.54, 1.807) is 6.20 Å². The molecule has 7 heteroatoms. The Morgan fingerprint density at radius 1 is 0.964 bits per heavy atom. The number of nitrogens with zero attached hydrogens (tertiary/aromatic N) is 3. The number of likely N-dealkylation sites (tertiary alicyclic amines) is 2. The minimum atomic E-state index is 0.0280. The second-order valence-electron chi connectivity index (χ2n) is 8.30. The van der Waals surface area contributed by atoms with Gasteiger partial charge in [-0.2, -0.15) is 0 Å². The lowest BCUT2D eigenvalue weighted by Crippen LogP contribution is -2.52. The highest BCUT2D eigenvalue weighted by Gasteiger charge is 2.31. The van der Waals surface area contributed by atoms with Crippen LogP contribution in [0.15, 0.2) is 24.4 Å². The number of aromatic nitrogens is 1. The molecule has 7 nitrogen and oxygen atoms in total. The summed E-state index contributed by atoms with van der Waals surface area (Å²) in [6, 6.07) is 6.61. The van der Waals surface area contributed by atoms with E-state index < -0.39 is 0 Å². The number of urea groups is 1. The number of amides is 3. The third kappa shape index (κ3) is 5.01. The number of carbonyl (C=O) groups excluding carboxylic acids is 2. The Kier molecular flexibility index (Phi) is 6.10. The van der Waals surface area contributed by atoms with Crippen LogP contribution >= 0.6 is 0 Å². The number of nitrogens with one attached hydrogen (secondary N) is 2. The lowest BCUT2D eigenvalue weighted by atomic mass is 9.99. The monoisotopic (exact) mass is 385 g/mol. The van der Waals surface area contributed by atoms with Crippen molar-refractivity contribution in [3.63, 3.8) is 0 Å². The second kappa shape index (κ2) is 8.90. The third-order valence-electron chi connectivity index (χ3n) is 6.02. The van der Waals surface area contributed by atoms with Crippen molar-refractivity contribution in [2.75, 3.05) is 26.2 Å². The Hall–Kier alpha value is -2.15. The molecular formula is C21H31N5O2. The zero-order valence-corrected chi connectivity index (χ0v) is 16.5. The quantitative estimate of drug-likeness (QED) is 0.813. The summed E-state index contributed by atoms with van der Waals surface area (Å²) in [5.74, 6) is 0.136. The maximum atomic E-state index is 12.9. The van der Waals surface area contributed by atoms with Gasteiger partial charge in [0.2, 0.25) is 5.91 Å². The summed E-state index contributed by atoms with van der Waals surface area (Å²) in [7, 11) is 0. The van der Waals surface area contributed by atoms with Crippen LogP contribution in [0, 0.1) is 0 Å². The zero-order valence-electron chi connectivity index (χ0n) is 16.5. The van der Waals surface area contributed by atoms with E-state index in [0.717, 1.165) is 70.3 Å². The van der Waals surface area contributed by atoms with Gasteiger partial charge >= 0.3 is 6.03 Å². The van der Waals surface area contributed by atoms with Gasteiger partial charge in [-0.05, 0) is 57.1 Å². The topological polar surface area (TPSA) is 77.6 Å². The number of hydrogen-bond donors (Lipinski definition) is 2. The maximum Gasteiger partial charge on any atom is 0.318 e. The highest BCUT2D eigenvalue weighted by Crippen LogP contribution is 2.29. The number of piperidine rings is 2. The standard InChI is InChI=1S/C21H31N5O2/c27-20(23-16-7-8-16)15-25-13-9-17(10-14-25)24-21(28)26-12-4-2-6-19(26)18-5-1-3-11-22-18/h1,3,5,11,16-17,19H,2,4,6-10,12-15H2,(H,23,27)(H,24,28). The van der Waals surface area contributed by atoms with Gasteiger partial charge in [0.15, 0.2) is 0 Å². The first kappa shape index (κ1) is 19.2. The van der Waals surface area contributed by atoms with Crippen molar-refractivity contribution < 1.29 is 9.59 Å². The first-order valence-corrected chi connectivity index (χ1v) is 10.7. The predicted octanol–water partition coefficient (Wildman–Crippen LogP) is 2.06. The molecule has 0 aromatic carbocycles. The summed E-state index contributed by atoms with van der Waals surface area (Å²) in [6.07, 6.45) is 8.98. The molecule has 3 fully saturated rings. The molecule has 3 heterocycles. The van der Waals surface area contributed by atoms with Crippen LogP contribution in [-0.4, -0.2) is 65.0 Å². The van der Waals surface area contributed by atoms with Gasteiger partial charge in [0.25, 0.3) is 0 Å². The molecular weight excluding hydrogens is 354 g/mol. The molecule has 0 spiro atoms. The van der Waals surface area contributed by atoms with E-state index in [0.29, 0.717) is 12.6 Å². The van der Waals surface area contributed by atoms with E-state index in [2.05, 4.69) is 20.5 Å². The SMILES string of the molecule is O=C(CN1CCC(NC(=O)N2CCCCC2c2ccccn2)CC1)NC1CC1. The fraction of sp³-hybridized carbons (Fsp3) is 0.667. The Morgan fingerprint density at radius 3 is 2.46 bits per heavy atom. The van der Waals surface area contributed by atoms with Gasteiger partial charge in [-0.3, -0.25) is 14.7 Å². The average molecular weight is 386 g/mol. The molecule has 2 aliphatic heterocycles. The number of pyridine rings is 1. The van der Waals surface area contributed by atoms with E-state index in [1.807, 2.05) is 23.1 Å². The number of hydrogen-bond acceptors (Lipinski definition) is 4. The third-order valence-corrected chi connectivity index (χ3v) is 6.02. The summed E-state index contributed by atoms with van der Waals surface area (Å²) in [6.45, 7) is 2.97. The van der Waals surface area contributed by atoms with Crippen molar-refractivity contribution in [1.82, 2.24) is 25.4 Å². The van der Waals surface area contributed by atoms with Crippen molar-refractivity contribution in [3.8, 4) is 0 Å². The van der Waals surface area contributed by atoms with Crippen molar-refractivity contribution in [3.05, 3.63) is 30.1 Å². The van der Waals surface area contributed by atoms with Crippen molar-refractivity contribution in [1.29, 1.82) is 0 Å². The highest BCUT2D eigenvalue weighted by atomic mass is 16.2. The molecule has 28 heavy (non-hydrogen) atoms. The Morgan fingerprint density at radius 2 is 1.75 bits per heavy atom. The molecule has 1 unspecified atom stereocenters. The van der Waals surface area contributed by atoms with Gasteiger partial charge in [0.05, 0.1) is 18.3 Å². The van der Waals surface area contributed by atoms with Crippen LogP contribution in [0.5, 0.6) is 0 Å². The van der Waals surface area contributed by atoms with Crippen molar-refractivity contribution >= 4 is 11.9 Å². The number of rotatable bonds is 5. The smallest absolute Gasteiger partial charge is 0.318 e. The molecule has 2 N–H and O–H groups in total. The van der Waals surface area contributed by atoms with Gasteiger partial charge in [0, 0.05) is 37.9 Å². The molecule has 0 bridgehead atoms. The summed E-state index contributed by atoms with van der Waals surface area (Å²) in [5, 5.41) is 6.28. The van der Waals surface area contributed by atoms with Gasteiger partial charge in [-0.25, -0.2) is 4.79 Å². The zero-order chi connectivity index (χ0) is 19.3. The summed E-state index contributed by atoms with van der Waals surface area (Å²) in [5.41, 5.74) is 0.980. The molecule has 0 radical (unpaired) electrons. The second-order valence-corrected chi connectivity index (χ2v) is 8.30. The molecule has 4 rings (SSSR count). The fourth-order valence-electron chi connectivity index (χ4n) is 4.25.